The van der Waals surface area contributed by atoms with Gasteiger partial charge in [-0.1, -0.05) is 19.8 Å². The molecule has 0 aromatic carbocycles. The number of carbonyl (C=O) groups excluding carboxylic acids is 2. The van der Waals surface area contributed by atoms with Gasteiger partial charge in [-0.2, -0.15) is 5.10 Å². The first-order chi connectivity index (χ1) is 12.3. The van der Waals surface area contributed by atoms with Crippen molar-refractivity contribution in [3.8, 4) is 0 Å². The number of hydrogen-bond donors (Lipinski definition) is 0. The summed E-state index contributed by atoms with van der Waals surface area (Å²) >= 11 is 0. The van der Waals surface area contributed by atoms with Crippen LogP contribution in [0.2, 0.25) is 0 Å². The zero-order valence-corrected chi connectivity index (χ0v) is 16.2. The van der Waals surface area contributed by atoms with Crippen LogP contribution in [0, 0.1) is 20.8 Å². The van der Waals surface area contributed by atoms with Crippen molar-refractivity contribution in [2.24, 2.45) is 0 Å². The molecule has 1 saturated heterocycles. The zero-order valence-electron chi connectivity index (χ0n) is 16.2. The summed E-state index contributed by atoms with van der Waals surface area (Å²) in [4.78, 5) is 34.1. The Balaban J connectivity index is 2.03. The predicted molar refractivity (Wildman–Crippen MR) is 99.2 cm³/mol. The molecular formula is C19H27N5O2. The smallest absolute Gasteiger partial charge is 0.260 e. The molecule has 140 valence electrons. The van der Waals surface area contributed by atoms with Crippen molar-refractivity contribution in [1.29, 1.82) is 0 Å². The third kappa shape index (κ3) is 3.06. The maximum Gasteiger partial charge on any atom is 0.260 e. The van der Waals surface area contributed by atoms with Crippen LogP contribution in [-0.2, 0) is 4.79 Å². The molecule has 0 N–H and O–H groups in total. The lowest BCUT2D eigenvalue weighted by molar-refractivity contribution is -0.138. The lowest BCUT2D eigenvalue weighted by Gasteiger charge is -2.39. The fourth-order valence-corrected chi connectivity index (χ4v) is 3.65. The van der Waals surface area contributed by atoms with Gasteiger partial charge in [0.15, 0.2) is 5.65 Å². The van der Waals surface area contributed by atoms with Gasteiger partial charge < -0.3 is 9.80 Å². The third-order valence-electron chi connectivity index (χ3n) is 5.09. The molecule has 2 aromatic heterocycles. The number of aromatic nitrogens is 3. The van der Waals surface area contributed by atoms with Crippen molar-refractivity contribution in [3.05, 3.63) is 28.7 Å². The number of carbonyl (C=O) groups is 2. The van der Waals surface area contributed by atoms with E-state index in [1.165, 1.54) is 0 Å². The van der Waals surface area contributed by atoms with Crippen LogP contribution in [-0.4, -0.2) is 62.4 Å². The van der Waals surface area contributed by atoms with Crippen LogP contribution in [0.4, 0.5) is 0 Å². The minimum absolute atomic E-state index is 0.0208. The maximum absolute atomic E-state index is 13.4. The number of piperazine rings is 1. The van der Waals surface area contributed by atoms with Gasteiger partial charge in [0.05, 0.1) is 5.69 Å². The summed E-state index contributed by atoms with van der Waals surface area (Å²) < 4.78 is 1.72. The van der Waals surface area contributed by atoms with Crippen molar-refractivity contribution in [3.63, 3.8) is 0 Å². The highest BCUT2D eigenvalue weighted by Crippen LogP contribution is 2.23. The molecule has 0 bridgehead atoms. The van der Waals surface area contributed by atoms with Gasteiger partial charge in [-0.15, -0.1) is 0 Å². The summed E-state index contributed by atoms with van der Waals surface area (Å²) in [5, 5.41) is 4.50. The Morgan fingerprint density at radius 2 is 2.00 bits per heavy atom. The molecule has 1 unspecified atom stereocenters. The van der Waals surface area contributed by atoms with Crippen molar-refractivity contribution in [1.82, 2.24) is 24.4 Å². The fourth-order valence-electron chi connectivity index (χ4n) is 3.65. The molecule has 26 heavy (non-hydrogen) atoms. The van der Waals surface area contributed by atoms with Gasteiger partial charge in [-0.3, -0.25) is 9.59 Å². The highest BCUT2D eigenvalue weighted by Gasteiger charge is 2.37. The van der Waals surface area contributed by atoms with E-state index in [9.17, 15) is 9.59 Å². The van der Waals surface area contributed by atoms with Crippen LogP contribution < -0.4 is 0 Å². The molecule has 0 saturated carbocycles. The van der Waals surface area contributed by atoms with Gasteiger partial charge in [0.2, 0.25) is 5.91 Å². The molecule has 1 atom stereocenters. The molecule has 7 nitrogen and oxygen atoms in total. The number of rotatable bonds is 4. The number of likely N-dealkylation sites (N-methyl/N-ethyl adjacent to an activating group) is 1. The lowest BCUT2D eigenvalue weighted by atomic mass is 10.0. The van der Waals surface area contributed by atoms with Gasteiger partial charge in [-0.25, -0.2) is 9.50 Å². The standard InChI is InChI=1S/C19H27N5O2/c1-6-7-8-15-18(25)22(5)9-10-23(15)19(26)16-14(4)21-24-13(3)11-12(2)20-17(16)24/h11,15H,6-10H2,1-5H3. The molecule has 0 aliphatic carbocycles. The largest absolute Gasteiger partial charge is 0.342 e. The molecule has 1 aliphatic rings. The first kappa shape index (κ1) is 18.4. The monoisotopic (exact) mass is 357 g/mol. The fraction of sp³-hybridized carbons (Fsp3) is 0.579. The van der Waals surface area contributed by atoms with Crippen molar-refractivity contribution in [2.45, 2.75) is 53.0 Å². The molecule has 2 amide bonds. The number of unbranched alkanes of at least 4 members (excludes halogenated alkanes) is 1. The van der Waals surface area contributed by atoms with E-state index in [2.05, 4.69) is 17.0 Å². The van der Waals surface area contributed by atoms with Gasteiger partial charge in [0.1, 0.15) is 11.6 Å². The summed E-state index contributed by atoms with van der Waals surface area (Å²) in [6, 6.07) is 1.54. The number of fused-ring (bicyclic) bond motifs is 1. The SMILES string of the molecule is CCCCC1C(=O)N(C)CCN1C(=O)c1c(C)nn2c(C)cc(C)nc12. The maximum atomic E-state index is 13.4. The van der Waals surface area contributed by atoms with Gasteiger partial charge in [0, 0.05) is 31.5 Å². The van der Waals surface area contributed by atoms with Gasteiger partial charge >= 0.3 is 0 Å². The summed E-state index contributed by atoms with van der Waals surface area (Å²) in [5.41, 5.74) is 3.52. The Morgan fingerprint density at radius 1 is 1.27 bits per heavy atom. The van der Waals surface area contributed by atoms with Crippen molar-refractivity contribution in [2.75, 3.05) is 20.1 Å². The third-order valence-corrected chi connectivity index (χ3v) is 5.09. The highest BCUT2D eigenvalue weighted by atomic mass is 16.2. The minimum atomic E-state index is -0.401. The molecule has 3 rings (SSSR count). The number of nitrogens with zero attached hydrogens (tertiary/aromatic N) is 5. The minimum Gasteiger partial charge on any atom is -0.342 e. The number of aryl methyl sites for hydroxylation is 3. The van der Waals surface area contributed by atoms with Crippen molar-refractivity contribution >= 4 is 17.5 Å². The Bertz CT molecular complexity index is 857. The summed E-state index contributed by atoms with van der Waals surface area (Å²) in [7, 11) is 1.80. The van der Waals surface area contributed by atoms with E-state index in [-0.39, 0.29) is 11.8 Å². The average molecular weight is 357 g/mol. The van der Waals surface area contributed by atoms with Gasteiger partial charge in [0.25, 0.3) is 5.91 Å². The van der Waals surface area contributed by atoms with E-state index >= 15 is 0 Å². The van der Waals surface area contributed by atoms with Crippen LogP contribution in [0.3, 0.4) is 0 Å². The molecule has 1 aliphatic heterocycles. The molecule has 1 fully saturated rings. The second kappa shape index (κ2) is 7.05. The van der Waals surface area contributed by atoms with Crippen LogP contribution in [0.25, 0.3) is 5.65 Å². The van der Waals surface area contributed by atoms with Crippen LogP contribution >= 0.6 is 0 Å². The number of amides is 2. The Morgan fingerprint density at radius 3 is 2.69 bits per heavy atom. The van der Waals surface area contributed by atoms with E-state index < -0.39 is 6.04 Å². The van der Waals surface area contributed by atoms with Crippen LogP contribution in [0.15, 0.2) is 6.07 Å². The van der Waals surface area contributed by atoms with E-state index in [0.717, 1.165) is 24.2 Å². The normalized spacial score (nSPS) is 18.0. The topological polar surface area (TPSA) is 70.8 Å². The first-order valence-corrected chi connectivity index (χ1v) is 9.24. The molecule has 7 heteroatoms. The summed E-state index contributed by atoms with van der Waals surface area (Å²) in [6.07, 6.45) is 2.60. The van der Waals surface area contributed by atoms with E-state index in [0.29, 0.717) is 36.4 Å². The highest BCUT2D eigenvalue weighted by molar-refractivity contribution is 6.03. The van der Waals surface area contributed by atoms with E-state index in [1.54, 1.807) is 21.4 Å². The molecule has 0 spiro atoms. The molecule has 0 radical (unpaired) electrons. The predicted octanol–water partition coefficient (Wildman–Crippen LogP) is 2.13. The number of hydrogen-bond acceptors (Lipinski definition) is 4. The van der Waals surface area contributed by atoms with Crippen LogP contribution in [0.5, 0.6) is 0 Å². The van der Waals surface area contributed by atoms with E-state index in [4.69, 9.17) is 0 Å². The molecule has 2 aromatic rings. The van der Waals surface area contributed by atoms with Crippen LogP contribution in [0.1, 0.15) is 53.6 Å². The summed E-state index contributed by atoms with van der Waals surface area (Å²) in [6.45, 7) is 8.87. The van der Waals surface area contributed by atoms with Crippen molar-refractivity contribution < 1.29 is 9.59 Å². The quantitative estimate of drug-likeness (QED) is 0.840. The zero-order chi connectivity index (χ0) is 19.0. The lowest BCUT2D eigenvalue weighted by Crippen LogP contribution is -2.57. The van der Waals surface area contributed by atoms with E-state index in [1.807, 2.05) is 26.8 Å². The molecular weight excluding hydrogens is 330 g/mol. The average Bonchev–Trinajstić information content (AvgIpc) is 2.92. The Labute approximate surface area is 154 Å². The second-order valence-electron chi connectivity index (χ2n) is 7.15. The first-order valence-electron chi connectivity index (χ1n) is 9.24. The molecule has 3 heterocycles. The Hall–Kier alpha value is -2.44. The Kier molecular flexibility index (Phi) is 4.98. The van der Waals surface area contributed by atoms with Gasteiger partial charge in [-0.05, 0) is 33.3 Å². The summed E-state index contributed by atoms with van der Waals surface area (Å²) in [5.74, 6) is -0.120. The second-order valence-corrected chi connectivity index (χ2v) is 7.15.